The average molecular weight is 490 g/mol. The first-order valence-corrected chi connectivity index (χ1v) is 12.7. The van der Waals surface area contributed by atoms with E-state index in [4.69, 9.17) is 4.74 Å². The first-order valence-electron chi connectivity index (χ1n) is 11.8. The van der Waals surface area contributed by atoms with Crippen LogP contribution in [-0.4, -0.2) is 46.8 Å². The fourth-order valence-electron chi connectivity index (χ4n) is 4.63. The minimum absolute atomic E-state index is 0.0773. The molecule has 7 nitrogen and oxygen atoms in total. The molecule has 180 valence electrons. The van der Waals surface area contributed by atoms with Crippen LogP contribution in [0, 0.1) is 0 Å². The maximum Gasteiger partial charge on any atom is 0.411 e. The van der Waals surface area contributed by atoms with E-state index in [9.17, 15) is 14.4 Å². The largest absolute Gasteiger partial charge is 0.438 e. The highest BCUT2D eigenvalue weighted by Gasteiger charge is 2.48. The number of cyclic esters (lactones) is 1. The van der Waals surface area contributed by atoms with Crippen molar-refractivity contribution in [2.45, 2.75) is 38.0 Å². The summed E-state index contributed by atoms with van der Waals surface area (Å²) >= 11 is 1.37. The Hall–Kier alpha value is -3.65. The van der Waals surface area contributed by atoms with Gasteiger partial charge in [0.1, 0.15) is 0 Å². The molecule has 5 rings (SSSR count). The van der Waals surface area contributed by atoms with Gasteiger partial charge in [0.25, 0.3) is 5.91 Å². The fraction of sp³-hybridized carbons (Fsp3) is 0.296. The summed E-state index contributed by atoms with van der Waals surface area (Å²) in [4.78, 5) is 43.0. The number of carbonyl (C=O) groups excluding carboxylic acids is 3. The van der Waals surface area contributed by atoms with Gasteiger partial charge in [-0.25, -0.2) is 4.79 Å². The summed E-state index contributed by atoms with van der Waals surface area (Å²) in [6.45, 7) is 1.70. The van der Waals surface area contributed by atoms with Gasteiger partial charge in [0.15, 0.2) is 12.1 Å². The average Bonchev–Trinajstić information content (AvgIpc) is 3.54. The molecule has 0 bridgehead atoms. The Morgan fingerprint density at radius 1 is 0.943 bits per heavy atom. The number of piperidine rings is 1. The van der Waals surface area contributed by atoms with Crippen molar-refractivity contribution < 1.29 is 19.1 Å². The third-order valence-corrected chi connectivity index (χ3v) is 7.31. The molecule has 2 saturated heterocycles. The van der Waals surface area contributed by atoms with Crippen molar-refractivity contribution in [2.75, 3.05) is 18.4 Å². The van der Waals surface area contributed by atoms with Crippen LogP contribution in [-0.2, 0) is 16.1 Å². The molecule has 3 heterocycles. The van der Waals surface area contributed by atoms with Crippen LogP contribution < -0.4 is 5.32 Å². The van der Waals surface area contributed by atoms with Gasteiger partial charge in [-0.1, -0.05) is 48.5 Å². The first-order chi connectivity index (χ1) is 17.1. The maximum absolute atomic E-state index is 13.7. The predicted octanol–water partition coefficient (Wildman–Crippen LogP) is 5.08. The molecular formula is C27H27N3O4S. The quantitative estimate of drug-likeness (QED) is 0.524. The number of rotatable bonds is 6. The predicted molar refractivity (Wildman–Crippen MR) is 134 cm³/mol. The molecule has 2 atom stereocenters. The Bertz CT molecular complexity index is 1170. The van der Waals surface area contributed by atoms with Crippen molar-refractivity contribution in [3.05, 3.63) is 88.1 Å². The molecule has 35 heavy (non-hydrogen) atoms. The summed E-state index contributed by atoms with van der Waals surface area (Å²) in [5, 5.41) is 4.73. The Morgan fingerprint density at radius 3 is 2.37 bits per heavy atom. The maximum atomic E-state index is 13.7. The van der Waals surface area contributed by atoms with Crippen molar-refractivity contribution in [1.82, 2.24) is 9.80 Å². The highest BCUT2D eigenvalue weighted by Crippen LogP contribution is 2.36. The number of ether oxygens (including phenoxy) is 1. The van der Waals surface area contributed by atoms with Gasteiger partial charge >= 0.3 is 6.09 Å². The van der Waals surface area contributed by atoms with Gasteiger partial charge < -0.3 is 15.0 Å². The molecule has 0 spiro atoms. The Labute approximate surface area is 208 Å². The Kier molecular flexibility index (Phi) is 6.81. The van der Waals surface area contributed by atoms with Crippen LogP contribution in [0.2, 0.25) is 0 Å². The van der Waals surface area contributed by atoms with Crippen LogP contribution >= 0.6 is 11.3 Å². The van der Waals surface area contributed by atoms with E-state index in [1.54, 1.807) is 23.1 Å². The smallest absolute Gasteiger partial charge is 0.411 e. The van der Waals surface area contributed by atoms with Crippen molar-refractivity contribution in [3.8, 4) is 0 Å². The number of carbonyl (C=O) groups is 3. The fourth-order valence-corrected chi connectivity index (χ4v) is 5.25. The zero-order valence-electron chi connectivity index (χ0n) is 19.3. The molecule has 8 heteroatoms. The highest BCUT2D eigenvalue weighted by molar-refractivity contribution is 7.12. The molecule has 3 amide bonds. The van der Waals surface area contributed by atoms with Gasteiger partial charge in [0, 0.05) is 18.8 Å². The summed E-state index contributed by atoms with van der Waals surface area (Å²) in [5.74, 6) is -0.251. The zero-order valence-corrected chi connectivity index (χ0v) is 20.1. The second kappa shape index (κ2) is 10.3. The molecule has 2 aromatic carbocycles. The monoisotopic (exact) mass is 489 g/mol. The molecule has 2 aliphatic rings. The van der Waals surface area contributed by atoms with Gasteiger partial charge in [-0.3, -0.25) is 14.5 Å². The number of thiophene rings is 1. The van der Waals surface area contributed by atoms with Crippen molar-refractivity contribution in [1.29, 1.82) is 0 Å². The third-order valence-electron chi connectivity index (χ3n) is 6.44. The number of hydrogen-bond donors (Lipinski definition) is 1. The van der Waals surface area contributed by atoms with E-state index < -0.39 is 18.2 Å². The van der Waals surface area contributed by atoms with Gasteiger partial charge in [0.2, 0.25) is 5.91 Å². The number of hydrogen-bond acceptors (Lipinski definition) is 5. The minimum Gasteiger partial charge on any atom is -0.438 e. The summed E-state index contributed by atoms with van der Waals surface area (Å²) in [6.07, 6.45) is 1.83. The number of benzene rings is 2. The summed E-state index contributed by atoms with van der Waals surface area (Å²) in [5.41, 5.74) is 2.29. The third kappa shape index (κ3) is 5.07. The number of nitrogens with zero attached hydrogens (tertiary/aromatic N) is 2. The van der Waals surface area contributed by atoms with Gasteiger partial charge in [-0.15, -0.1) is 11.3 Å². The minimum atomic E-state index is -0.743. The molecule has 2 aliphatic heterocycles. The summed E-state index contributed by atoms with van der Waals surface area (Å²) < 4.78 is 5.79. The van der Waals surface area contributed by atoms with E-state index >= 15 is 0 Å². The highest BCUT2D eigenvalue weighted by atomic mass is 32.1. The first kappa shape index (κ1) is 23.1. The van der Waals surface area contributed by atoms with E-state index in [0.717, 1.165) is 30.4 Å². The lowest BCUT2D eigenvalue weighted by Crippen LogP contribution is -2.49. The topological polar surface area (TPSA) is 79.0 Å². The lowest BCUT2D eigenvalue weighted by atomic mass is 9.99. The van der Waals surface area contributed by atoms with Crippen molar-refractivity contribution in [3.63, 3.8) is 0 Å². The van der Waals surface area contributed by atoms with Gasteiger partial charge in [-0.05, 0) is 54.0 Å². The molecule has 1 aromatic heterocycles. The van der Waals surface area contributed by atoms with Gasteiger partial charge in [-0.2, -0.15) is 0 Å². The standard InChI is InChI=1S/C27H27N3O4S/c31-25(22-10-7-17-35-22)28-21-13-11-20(12-14-21)24-23(26(32)29-15-5-2-6-16-29)30(27(33)34-24)18-19-8-3-1-4-9-19/h1,3-4,7-14,17,23-24H,2,5-6,15-16,18H2,(H,28,31)/t23-,24+/m1/s1. The van der Waals surface area contributed by atoms with E-state index in [1.165, 1.54) is 11.3 Å². The van der Waals surface area contributed by atoms with Crippen LogP contribution in [0.3, 0.4) is 0 Å². The lowest BCUT2D eigenvalue weighted by molar-refractivity contribution is -0.137. The molecule has 0 unspecified atom stereocenters. The SMILES string of the molecule is O=C(Nc1ccc([C@@H]2OC(=O)N(Cc3ccccc3)[C@H]2C(=O)N2CCCCC2)cc1)c1cccs1. The van der Waals surface area contributed by atoms with Crippen molar-refractivity contribution in [2.24, 2.45) is 0 Å². The van der Waals surface area contributed by atoms with Crippen LogP contribution in [0.25, 0.3) is 0 Å². The molecular weight excluding hydrogens is 462 g/mol. The van der Waals surface area contributed by atoms with E-state index in [1.807, 2.05) is 58.8 Å². The summed E-state index contributed by atoms with van der Waals surface area (Å²) in [7, 11) is 0. The molecule has 2 fully saturated rings. The van der Waals surface area contributed by atoms with Crippen LogP contribution in [0.4, 0.5) is 10.5 Å². The van der Waals surface area contributed by atoms with Gasteiger partial charge in [0.05, 0.1) is 11.4 Å². The number of anilines is 1. The second-order valence-electron chi connectivity index (χ2n) is 8.80. The summed E-state index contributed by atoms with van der Waals surface area (Å²) in [6, 6.07) is 19.7. The van der Waals surface area contributed by atoms with E-state index in [2.05, 4.69) is 5.32 Å². The number of nitrogens with one attached hydrogen (secondary N) is 1. The lowest BCUT2D eigenvalue weighted by Gasteiger charge is -2.33. The van der Waals surface area contributed by atoms with Crippen LogP contribution in [0.1, 0.15) is 46.2 Å². The molecule has 0 radical (unpaired) electrons. The number of likely N-dealkylation sites (tertiary alicyclic amines) is 1. The zero-order chi connectivity index (χ0) is 24.2. The Morgan fingerprint density at radius 2 is 1.69 bits per heavy atom. The van der Waals surface area contributed by atoms with Crippen LogP contribution in [0.15, 0.2) is 72.1 Å². The second-order valence-corrected chi connectivity index (χ2v) is 9.75. The molecule has 3 aromatic rings. The van der Waals surface area contributed by atoms with Crippen molar-refractivity contribution >= 4 is 34.9 Å². The Balaban J connectivity index is 1.39. The molecule has 0 saturated carbocycles. The van der Waals surface area contributed by atoms with E-state index in [-0.39, 0.29) is 11.8 Å². The number of amides is 3. The normalized spacial score (nSPS) is 19.9. The van der Waals surface area contributed by atoms with Crippen LogP contribution in [0.5, 0.6) is 0 Å². The van der Waals surface area contributed by atoms with E-state index in [0.29, 0.717) is 30.2 Å². The molecule has 1 N–H and O–H groups in total. The molecule has 0 aliphatic carbocycles.